The molecule has 0 spiro atoms. The van der Waals surface area contributed by atoms with Crippen molar-refractivity contribution in [1.29, 1.82) is 0 Å². The van der Waals surface area contributed by atoms with Gasteiger partial charge in [-0.05, 0) is 52.5 Å². The van der Waals surface area contributed by atoms with Crippen molar-refractivity contribution in [1.82, 2.24) is 10.3 Å². The number of benzene rings is 1. The largest absolute Gasteiger partial charge is 0.496 e. The fraction of sp³-hybridized carbons (Fsp3) is 0.375. The Kier molecular flexibility index (Phi) is 4.70. The second kappa shape index (κ2) is 6.59. The Hall–Kier alpha value is -1.44. The van der Waals surface area contributed by atoms with Gasteiger partial charge in [0.25, 0.3) is 0 Å². The lowest BCUT2D eigenvalue weighted by atomic mass is 9.81. The van der Waals surface area contributed by atoms with Crippen LogP contribution in [0, 0.1) is 0 Å². The van der Waals surface area contributed by atoms with E-state index >= 15 is 0 Å². The van der Waals surface area contributed by atoms with E-state index in [1.54, 1.807) is 13.3 Å². The molecular weight excluding hydrogens is 378 g/mol. The summed E-state index contributed by atoms with van der Waals surface area (Å²) >= 11 is 4.96. The van der Waals surface area contributed by atoms with Crippen molar-refractivity contribution in [3.05, 3.63) is 39.3 Å². The third-order valence-electron chi connectivity index (χ3n) is 4.07. The lowest BCUT2D eigenvalue weighted by Crippen LogP contribution is -2.47. The average Bonchev–Trinajstić information content (AvgIpc) is 3.00. The molecule has 1 amide bonds. The van der Waals surface area contributed by atoms with Gasteiger partial charge in [0.2, 0.25) is 5.91 Å². The molecule has 1 aliphatic rings. The van der Waals surface area contributed by atoms with Crippen LogP contribution in [0.1, 0.15) is 24.5 Å². The van der Waals surface area contributed by atoms with Crippen LogP contribution in [0.4, 0.5) is 5.13 Å². The van der Waals surface area contributed by atoms with Gasteiger partial charge in [0, 0.05) is 30.1 Å². The van der Waals surface area contributed by atoms with Gasteiger partial charge < -0.3 is 15.4 Å². The number of rotatable bonds is 4. The highest BCUT2D eigenvalue weighted by molar-refractivity contribution is 9.10. The molecule has 1 aliphatic heterocycles. The number of halogens is 1. The van der Waals surface area contributed by atoms with Crippen LogP contribution in [0.2, 0.25) is 0 Å². The fourth-order valence-corrected chi connectivity index (χ4v) is 4.02. The lowest BCUT2D eigenvalue weighted by molar-refractivity contribution is -0.117. The summed E-state index contributed by atoms with van der Waals surface area (Å²) < 4.78 is 6.27. The number of carbonyl (C=O) groups excluding carboxylic acids is 1. The molecule has 23 heavy (non-hydrogen) atoms. The fourth-order valence-electron chi connectivity index (χ4n) is 2.97. The van der Waals surface area contributed by atoms with Crippen LogP contribution in [0.15, 0.2) is 28.2 Å². The second-order valence-electron chi connectivity index (χ2n) is 5.71. The molecule has 5 nitrogen and oxygen atoms in total. The third-order valence-corrected chi connectivity index (χ3v) is 5.38. The number of methoxy groups -OCH3 is 1. The molecule has 0 unspecified atom stereocenters. The first-order valence-electron chi connectivity index (χ1n) is 7.33. The molecule has 1 atom stereocenters. The topological polar surface area (TPSA) is 63.2 Å². The quantitative estimate of drug-likeness (QED) is 0.833. The number of fused-ring (bicyclic) bond motifs is 1. The zero-order chi connectivity index (χ0) is 16.4. The van der Waals surface area contributed by atoms with E-state index in [0.29, 0.717) is 11.6 Å². The van der Waals surface area contributed by atoms with Crippen molar-refractivity contribution < 1.29 is 9.53 Å². The van der Waals surface area contributed by atoms with E-state index in [4.69, 9.17) is 4.74 Å². The summed E-state index contributed by atoms with van der Waals surface area (Å²) in [5.74, 6) is 0.773. The SMILES string of the molecule is COc1cc2c(cc1Br)[C@@](C)(CC(=O)Nc1nccs1)NCC2. The predicted octanol–water partition coefficient (Wildman–Crippen LogP) is 3.30. The van der Waals surface area contributed by atoms with Crippen LogP contribution in [0.3, 0.4) is 0 Å². The zero-order valence-corrected chi connectivity index (χ0v) is 15.4. The van der Waals surface area contributed by atoms with Crippen LogP contribution in [-0.4, -0.2) is 24.5 Å². The van der Waals surface area contributed by atoms with E-state index in [1.165, 1.54) is 16.9 Å². The molecule has 2 aromatic rings. The predicted molar refractivity (Wildman–Crippen MR) is 95.1 cm³/mol. The molecular formula is C16H18BrN3O2S. The number of anilines is 1. The summed E-state index contributed by atoms with van der Waals surface area (Å²) in [7, 11) is 1.66. The standard InChI is InChI=1S/C16H18BrN3O2S/c1-16(9-14(21)20-15-18-5-6-23-15)11-8-12(17)13(22-2)7-10(11)3-4-19-16/h5-8,19H,3-4,9H2,1-2H3,(H,18,20,21)/t16-/m1/s1. The maximum atomic E-state index is 12.4. The number of carbonyl (C=O) groups is 1. The summed E-state index contributed by atoms with van der Waals surface area (Å²) in [5.41, 5.74) is 1.93. The normalized spacial score (nSPS) is 20.0. The Balaban J connectivity index is 1.85. The van der Waals surface area contributed by atoms with Gasteiger partial charge in [-0.2, -0.15) is 0 Å². The first-order chi connectivity index (χ1) is 11.0. The van der Waals surface area contributed by atoms with Crippen molar-refractivity contribution in [3.8, 4) is 5.75 Å². The maximum Gasteiger partial charge on any atom is 0.228 e. The number of nitrogens with zero attached hydrogens (tertiary/aromatic N) is 1. The van der Waals surface area contributed by atoms with Crippen molar-refractivity contribution >= 4 is 38.3 Å². The summed E-state index contributed by atoms with van der Waals surface area (Å²) in [6, 6.07) is 4.11. The van der Waals surface area contributed by atoms with Crippen LogP contribution in [-0.2, 0) is 16.8 Å². The molecule has 0 saturated heterocycles. The van der Waals surface area contributed by atoms with Crippen molar-refractivity contribution in [3.63, 3.8) is 0 Å². The van der Waals surface area contributed by atoms with Gasteiger partial charge in [0.15, 0.2) is 5.13 Å². The monoisotopic (exact) mass is 395 g/mol. The molecule has 1 aromatic carbocycles. The number of hydrogen-bond acceptors (Lipinski definition) is 5. The third kappa shape index (κ3) is 3.41. The molecule has 0 saturated carbocycles. The summed E-state index contributed by atoms with van der Waals surface area (Å²) in [4.78, 5) is 16.5. The Morgan fingerprint density at radius 3 is 3.09 bits per heavy atom. The summed E-state index contributed by atoms with van der Waals surface area (Å²) in [6.45, 7) is 2.89. The van der Waals surface area contributed by atoms with Crippen LogP contribution >= 0.6 is 27.3 Å². The zero-order valence-electron chi connectivity index (χ0n) is 13.0. The van der Waals surface area contributed by atoms with Gasteiger partial charge in [-0.3, -0.25) is 4.79 Å². The number of hydrogen-bond donors (Lipinski definition) is 2. The van der Waals surface area contributed by atoms with E-state index in [0.717, 1.165) is 28.8 Å². The van der Waals surface area contributed by atoms with E-state index in [-0.39, 0.29) is 5.91 Å². The molecule has 1 aromatic heterocycles. The van der Waals surface area contributed by atoms with Crippen molar-refractivity contribution in [2.24, 2.45) is 0 Å². The Bertz CT molecular complexity index is 720. The lowest BCUT2D eigenvalue weighted by Gasteiger charge is -2.37. The van der Waals surface area contributed by atoms with E-state index < -0.39 is 5.54 Å². The molecule has 7 heteroatoms. The Morgan fingerprint density at radius 2 is 2.39 bits per heavy atom. The average molecular weight is 396 g/mol. The van der Waals surface area contributed by atoms with Crippen molar-refractivity contribution in [2.45, 2.75) is 25.3 Å². The molecule has 0 bridgehead atoms. The number of amides is 1. The first-order valence-corrected chi connectivity index (χ1v) is 9.00. The minimum atomic E-state index is -0.413. The van der Waals surface area contributed by atoms with Gasteiger partial charge in [-0.15, -0.1) is 11.3 Å². The van der Waals surface area contributed by atoms with Crippen molar-refractivity contribution in [2.75, 3.05) is 19.0 Å². The highest BCUT2D eigenvalue weighted by Crippen LogP contribution is 2.37. The highest BCUT2D eigenvalue weighted by atomic mass is 79.9. The number of thiazole rings is 1. The minimum absolute atomic E-state index is 0.0465. The van der Waals surface area contributed by atoms with Crippen LogP contribution in [0.5, 0.6) is 5.75 Å². The van der Waals surface area contributed by atoms with Gasteiger partial charge in [-0.1, -0.05) is 0 Å². The first kappa shape index (κ1) is 16.4. The molecule has 122 valence electrons. The number of aromatic nitrogens is 1. The molecule has 0 aliphatic carbocycles. The summed E-state index contributed by atoms with van der Waals surface area (Å²) in [6.07, 6.45) is 2.94. The molecule has 3 rings (SSSR count). The molecule has 2 N–H and O–H groups in total. The van der Waals surface area contributed by atoms with Crippen LogP contribution in [0.25, 0.3) is 0 Å². The molecule has 0 radical (unpaired) electrons. The molecule has 0 fully saturated rings. The van der Waals surface area contributed by atoms with Crippen LogP contribution < -0.4 is 15.4 Å². The van der Waals surface area contributed by atoms with Gasteiger partial charge >= 0.3 is 0 Å². The number of ether oxygens (including phenoxy) is 1. The van der Waals surface area contributed by atoms with Gasteiger partial charge in [0.05, 0.1) is 11.6 Å². The van der Waals surface area contributed by atoms with Gasteiger partial charge in [0.1, 0.15) is 5.75 Å². The molecule has 2 heterocycles. The van der Waals surface area contributed by atoms with E-state index in [1.807, 2.05) is 5.38 Å². The van der Waals surface area contributed by atoms with E-state index in [9.17, 15) is 4.79 Å². The Labute approximate surface area is 147 Å². The Morgan fingerprint density at radius 1 is 1.57 bits per heavy atom. The summed E-state index contributed by atoms with van der Waals surface area (Å²) in [5, 5.41) is 8.81. The van der Waals surface area contributed by atoms with E-state index in [2.05, 4.69) is 50.6 Å². The second-order valence-corrected chi connectivity index (χ2v) is 7.46. The number of nitrogens with one attached hydrogen (secondary N) is 2. The smallest absolute Gasteiger partial charge is 0.228 e. The minimum Gasteiger partial charge on any atom is -0.496 e. The highest BCUT2D eigenvalue weighted by Gasteiger charge is 2.34. The van der Waals surface area contributed by atoms with Gasteiger partial charge in [-0.25, -0.2) is 4.98 Å². The maximum absolute atomic E-state index is 12.4.